The highest BCUT2D eigenvalue weighted by Crippen LogP contribution is 2.30. The molecule has 1 atom stereocenters. The maximum absolute atomic E-state index is 13.1. The van der Waals surface area contributed by atoms with E-state index in [0.717, 1.165) is 29.0 Å². The normalized spacial score (nSPS) is 16.1. The molecule has 3 aromatic rings. The molecule has 160 valence electrons. The first-order valence-corrected chi connectivity index (χ1v) is 10.3. The van der Waals surface area contributed by atoms with Crippen LogP contribution in [0.25, 0.3) is 16.5 Å². The zero-order valence-corrected chi connectivity index (χ0v) is 17.7. The van der Waals surface area contributed by atoms with Gasteiger partial charge in [0.15, 0.2) is 6.54 Å². The van der Waals surface area contributed by atoms with Gasteiger partial charge < -0.3 is 19.9 Å². The lowest BCUT2D eigenvalue weighted by atomic mass is 9.99. The van der Waals surface area contributed by atoms with E-state index in [0.29, 0.717) is 28.2 Å². The SMILES string of the molecule is COC(=O)c1[nH]c2ccc(Cl)cc2c1NC(=O)C[NH+]1CC=C(c2ccc(F)cc2)CC1. The van der Waals surface area contributed by atoms with Crippen molar-refractivity contribution in [3.05, 3.63) is 70.6 Å². The third-order valence-electron chi connectivity index (χ3n) is 5.43. The molecule has 0 aliphatic carbocycles. The van der Waals surface area contributed by atoms with Gasteiger partial charge in [-0.3, -0.25) is 4.79 Å². The fourth-order valence-corrected chi connectivity index (χ4v) is 4.00. The topological polar surface area (TPSA) is 75.6 Å². The number of anilines is 1. The number of halogens is 2. The van der Waals surface area contributed by atoms with Gasteiger partial charge in [-0.1, -0.05) is 23.7 Å². The zero-order valence-electron chi connectivity index (χ0n) is 16.9. The molecule has 1 amide bonds. The first-order chi connectivity index (χ1) is 14.9. The van der Waals surface area contributed by atoms with E-state index in [1.165, 1.54) is 19.2 Å². The number of carbonyl (C=O) groups is 2. The molecule has 0 radical (unpaired) electrons. The number of ether oxygens (including phenoxy) is 1. The highest BCUT2D eigenvalue weighted by molar-refractivity contribution is 6.31. The summed E-state index contributed by atoms with van der Waals surface area (Å²) >= 11 is 6.10. The van der Waals surface area contributed by atoms with E-state index < -0.39 is 5.97 Å². The number of esters is 1. The maximum atomic E-state index is 13.1. The van der Waals surface area contributed by atoms with E-state index in [1.54, 1.807) is 30.3 Å². The van der Waals surface area contributed by atoms with Gasteiger partial charge in [-0.05, 0) is 47.5 Å². The van der Waals surface area contributed by atoms with Gasteiger partial charge >= 0.3 is 5.97 Å². The highest BCUT2D eigenvalue weighted by Gasteiger charge is 2.23. The largest absolute Gasteiger partial charge is 0.464 e. The molecule has 8 heteroatoms. The van der Waals surface area contributed by atoms with Crippen LogP contribution in [0.3, 0.4) is 0 Å². The number of quaternary nitrogens is 1. The number of hydrogen-bond donors (Lipinski definition) is 3. The van der Waals surface area contributed by atoms with Crippen molar-refractivity contribution >= 4 is 45.6 Å². The molecule has 6 nitrogen and oxygen atoms in total. The first-order valence-electron chi connectivity index (χ1n) is 9.92. The van der Waals surface area contributed by atoms with Crippen molar-refractivity contribution in [2.75, 3.05) is 32.1 Å². The molecule has 31 heavy (non-hydrogen) atoms. The Hall–Kier alpha value is -3.16. The smallest absolute Gasteiger partial charge is 0.356 e. The maximum Gasteiger partial charge on any atom is 0.356 e. The lowest BCUT2D eigenvalue weighted by molar-refractivity contribution is -0.886. The minimum Gasteiger partial charge on any atom is -0.464 e. The molecule has 1 aliphatic rings. The van der Waals surface area contributed by atoms with Crippen molar-refractivity contribution in [2.24, 2.45) is 0 Å². The van der Waals surface area contributed by atoms with Crippen molar-refractivity contribution in [3.8, 4) is 0 Å². The van der Waals surface area contributed by atoms with Gasteiger partial charge in [-0.15, -0.1) is 0 Å². The molecule has 2 aromatic carbocycles. The fourth-order valence-electron chi connectivity index (χ4n) is 3.83. The van der Waals surface area contributed by atoms with Crippen LogP contribution < -0.4 is 10.2 Å². The van der Waals surface area contributed by atoms with Crippen LogP contribution in [0.5, 0.6) is 0 Å². The van der Waals surface area contributed by atoms with Gasteiger partial charge in [0.1, 0.15) is 11.5 Å². The van der Waals surface area contributed by atoms with Crippen LogP contribution in [-0.4, -0.2) is 43.6 Å². The number of aromatic nitrogens is 1. The molecule has 3 N–H and O–H groups in total. The number of aromatic amines is 1. The molecule has 0 saturated heterocycles. The number of H-pyrrole nitrogens is 1. The van der Waals surface area contributed by atoms with E-state index in [9.17, 15) is 14.0 Å². The molecule has 2 heterocycles. The number of methoxy groups -OCH3 is 1. The number of benzene rings is 2. The van der Waals surface area contributed by atoms with Crippen LogP contribution in [0.1, 0.15) is 22.5 Å². The summed E-state index contributed by atoms with van der Waals surface area (Å²) in [6.45, 7) is 1.71. The highest BCUT2D eigenvalue weighted by atomic mass is 35.5. The summed E-state index contributed by atoms with van der Waals surface area (Å²) < 4.78 is 18.0. The van der Waals surface area contributed by atoms with Crippen molar-refractivity contribution in [1.29, 1.82) is 0 Å². The number of rotatable bonds is 5. The molecule has 1 aromatic heterocycles. The van der Waals surface area contributed by atoms with Crippen molar-refractivity contribution < 1.29 is 23.6 Å². The van der Waals surface area contributed by atoms with E-state index in [4.69, 9.17) is 16.3 Å². The lowest BCUT2D eigenvalue weighted by Gasteiger charge is -2.23. The quantitative estimate of drug-likeness (QED) is 0.532. The van der Waals surface area contributed by atoms with Crippen LogP contribution >= 0.6 is 11.6 Å². The van der Waals surface area contributed by atoms with Crippen molar-refractivity contribution in [1.82, 2.24) is 4.98 Å². The van der Waals surface area contributed by atoms with Crippen molar-refractivity contribution in [2.45, 2.75) is 6.42 Å². The van der Waals surface area contributed by atoms with Gasteiger partial charge in [-0.2, -0.15) is 0 Å². The average molecular weight is 443 g/mol. The van der Waals surface area contributed by atoms with Crippen LogP contribution in [0.15, 0.2) is 48.5 Å². The molecule has 0 saturated carbocycles. The Morgan fingerprint density at radius 1 is 1.23 bits per heavy atom. The number of carbonyl (C=O) groups excluding carboxylic acids is 2. The summed E-state index contributed by atoms with van der Waals surface area (Å²) in [5.41, 5.74) is 3.39. The minimum absolute atomic E-state index is 0.181. The monoisotopic (exact) mass is 442 g/mol. The Kier molecular flexibility index (Phi) is 6.06. The van der Waals surface area contributed by atoms with Gasteiger partial charge in [0.25, 0.3) is 5.91 Å². The third kappa shape index (κ3) is 4.62. The summed E-state index contributed by atoms with van der Waals surface area (Å²) in [5.74, 6) is -1.03. The summed E-state index contributed by atoms with van der Waals surface area (Å²) in [6.07, 6.45) is 2.88. The zero-order chi connectivity index (χ0) is 22.0. The summed E-state index contributed by atoms with van der Waals surface area (Å²) in [6, 6.07) is 11.6. The molecule has 0 bridgehead atoms. The summed E-state index contributed by atoms with van der Waals surface area (Å²) in [4.78, 5) is 29.0. The molecule has 1 aliphatic heterocycles. The fraction of sp³-hybridized carbons (Fsp3) is 0.217. The number of fused-ring (bicyclic) bond motifs is 1. The van der Waals surface area contributed by atoms with Crippen LogP contribution in [0.2, 0.25) is 5.02 Å². The second kappa shape index (κ2) is 8.91. The summed E-state index contributed by atoms with van der Waals surface area (Å²) in [5, 5.41) is 4.00. The molecule has 4 rings (SSSR count). The van der Waals surface area contributed by atoms with E-state index in [1.807, 2.05) is 0 Å². The third-order valence-corrected chi connectivity index (χ3v) is 5.66. The van der Waals surface area contributed by atoms with Gasteiger partial charge in [0.2, 0.25) is 0 Å². The Morgan fingerprint density at radius 3 is 2.68 bits per heavy atom. The van der Waals surface area contributed by atoms with Crippen molar-refractivity contribution in [3.63, 3.8) is 0 Å². The van der Waals surface area contributed by atoms with Crippen LogP contribution in [-0.2, 0) is 9.53 Å². The van der Waals surface area contributed by atoms with E-state index in [2.05, 4.69) is 16.4 Å². The van der Waals surface area contributed by atoms with Gasteiger partial charge in [0.05, 0.1) is 25.9 Å². The van der Waals surface area contributed by atoms with Crippen LogP contribution in [0, 0.1) is 5.82 Å². The van der Waals surface area contributed by atoms with Gasteiger partial charge in [-0.25, -0.2) is 9.18 Å². The minimum atomic E-state index is -0.570. The predicted molar refractivity (Wildman–Crippen MR) is 118 cm³/mol. The Morgan fingerprint density at radius 2 is 2.00 bits per heavy atom. The number of hydrogen-bond acceptors (Lipinski definition) is 3. The predicted octanol–water partition coefficient (Wildman–Crippen LogP) is 3.06. The molecule has 1 unspecified atom stereocenters. The summed E-state index contributed by atoms with van der Waals surface area (Å²) in [7, 11) is 1.29. The second-order valence-corrected chi connectivity index (χ2v) is 7.91. The Balaban J connectivity index is 1.47. The van der Waals surface area contributed by atoms with E-state index >= 15 is 0 Å². The standard InChI is InChI=1S/C23H21ClFN3O3/c1-31-23(30)22-21(18-12-16(24)4-7-19(18)26-22)27-20(29)13-28-10-8-15(9-11-28)14-2-5-17(25)6-3-14/h2-8,12,26H,9-11,13H2,1H3,(H,27,29)/p+1. The van der Waals surface area contributed by atoms with E-state index in [-0.39, 0.29) is 24.0 Å². The number of amides is 1. The molecule has 0 fully saturated rings. The number of nitrogens with one attached hydrogen (secondary N) is 3. The van der Waals surface area contributed by atoms with Crippen LogP contribution in [0.4, 0.5) is 10.1 Å². The second-order valence-electron chi connectivity index (χ2n) is 7.47. The lowest BCUT2D eigenvalue weighted by Crippen LogP contribution is -3.13. The first kappa shape index (κ1) is 21.1. The molecular formula is C23H22ClFN3O3+. The average Bonchev–Trinajstić information content (AvgIpc) is 3.11. The Labute approximate surface area is 183 Å². The molecular weight excluding hydrogens is 421 g/mol. The van der Waals surface area contributed by atoms with Gasteiger partial charge in [0, 0.05) is 22.3 Å². The Bertz CT molecular complexity index is 1170. The molecule has 0 spiro atoms.